The van der Waals surface area contributed by atoms with Gasteiger partial charge in [0.25, 0.3) is 0 Å². The Balaban J connectivity index is 1.83. The molecule has 0 radical (unpaired) electrons. The maximum absolute atomic E-state index is 13.4. The number of aromatic nitrogens is 1. The standard InChI is InChI=1S/C17H9F7N2OS/c18-15(19,16(20,21)17(22,23)24)13(27)26-14-25-12(8-28-14)11-6-5-9-3-1-2-4-10(9)7-11/h1-8H,(H,25,26,27). The second kappa shape index (κ2) is 6.73. The minimum atomic E-state index is -6.59. The SMILES string of the molecule is O=C(Nc1nc(-c2ccc3ccccc3c2)cs1)C(F)(F)C(F)(F)C(F)(F)F. The number of hydrogen-bond donors (Lipinski definition) is 1. The Morgan fingerprint density at radius 1 is 0.929 bits per heavy atom. The number of fused-ring (bicyclic) bond motifs is 1. The second-order valence-electron chi connectivity index (χ2n) is 5.70. The Kier molecular flexibility index (Phi) is 4.82. The van der Waals surface area contributed by atoms with Crippen LogP contribution >= 0.6 is 11.3 Å². The quantitative estimate of drug-likeness (QED) is 0.546. The summed E-state index contributed by atoms with van der Waals surface area (Å²) in [5.74, 6) is -15.3. The van der Waals surface area contributed by atoms with Crippen molar-refractivity contribution in [2.75, 3.05) is 5.32 Å². The summed E-state index contributed by atoms with van der Waals surface area (Å²) in [5, 5.41) is 3.90. The summed E-state index contributed by atoms with van der Waals surface area (Å²) >= 11 is 0.610. The normalized spacial score (nSPS) is 13.0. The molecule has 0 saturated heterocycles. The Labute approximate surface area is 156 Å². The third-order valence-electron chi connectivity index (χ3n) is 3.81. The van der Waals surface area contributed by atoms with Crippen LogP contribution in [0.3, 0.4) is 0 Å². The molecule has 1 amide bonds. The minimum absolute atomic E-state index is 0.233. The number of thiazole rings is 1. The van der Waals surface area contributed by atoms with Crippen molar-refractivity contribution >= 4 is 33.1 Å². The zero-order valence-electron chi connectivity index (χ0n) is 13.5. The van der Waals surface area contributed by atoms with Crippen molar-refractivity contribution in [3.8, 4) is 11.3 Å². The fraction of sp³-hybridized carbons (Fsp3) is 0.176. The van der Waals surface area contributed by atoms with Crippen molar-refractivity contribution in [3.63, 3.8) is 0 Å². The van der Waals surface area contributed by atoms with E-state index in [-0.39, 0.29) is 5.69 Å². The molecule has 2 aromatic carbocycles. The molecule has 0 bridgehead atoms. The second-order valence-corrected chi connectivity index (χ2v) is 6.56. The van der Waals surface area contributed by atoms with E-state index in [4.69, 9.17) is 0 Å². The Morgan fingerprint density at radius 2 is 1.57 bits per heavy atom. The molecule has 1 N–H and O–H groups in total. The molecule has 3 rings (SSSR count). The van der Waals surface area contributed by atoms with Gasteiger partial charge in [0.05, 0.1) is 5.69 Å². The van der Waals surface area contributed by atoms with Crippen molar-refractivity contribution in [3.05, 3.63) is 47.8 Å². The van der Waals surface area contributed by atoms with Crippen molar-refractivity contribution in [2.24, 2.45) is 0 Å². The van der Waals surface area contributed by atoms with Crippen LogP contribution in [0.5, 0.6) is 0 Å². The smallest absolute Gasteiger partial charge is 0.296 e. The minimum Gasteiger partial charge on any atom is -0.296 e. The number of nitrogens with zero attached hydrogens (tertiary/aromatic N) is 1. The third-order valence-corrected chi connectivity index (χ3v) is 4.56. The zero-order valence-corrected chi connectivity index (χ0v) is 14.3. The number of halogens is 7. The van der Waals surface area contributed by atoms with Gasteiger partial charge in [0.2, 0.25) is 0 Å². The summed E-state index contributed by atoms with van der Waals surface area (Å²) in [6, 6.07) is 12.4. The molecule has 0 aliphatic carbocycles. The number of anilines is 1. The van der Waals surface area contributed by atoms with E-state index >= 15 is 0 Å². The predicted molar refractivity (Wildman–Crippen MR) is 89.6 cm³/mol. The summed E-state index contributed by atoms with van der Waals surface area (Å²) in [6.07, 6.45) is -6.59. The monoisotopic (exact) mass is 422 g/mol. The molecule has 1 aromatic heterocycles. The van der Waals surface area contributed by atoms with E-state index in [2.05, 4.69) is 4.98 Å². The topological polar surface area (TPSA) is 42.0 Å². The van der Waals surface area contributed by atoms with Gasteiger partial charge in [0.15, 0.2) is 5.13 Å². The molecule has 0 aliphatic rings. The summed E-state index contributed by atoms with van der Waals surface area (Å²) in [5.41, 5.74) is 0.778. The van der Waals surface area contributed by atoms with E-state index in [0.29, 0.717) is 16.9 Å². The summed E-state index contributed by atoms with van der Waals surface area (Å²) in [6.45, 7) is 0. The Bertz CT molecular complexity index is 1030. The molecule has 0 spiro atoms. The lowest BCUT2D eigenvalue weighted by atomic mass is 10.1. The summed E-state index contributed by atoms with van der Waals surface area (Å²) in [7, 11) is 0. The van der Waals surface area contributed by atoms with Crippen LogP contribution in [0.2, 0.25) is 0 Å². The van der Waals surface area contributed by atoms with Gasteiger partial charge in [-0.1, -0.05) is 36.4 Å². The number of rotatable bonds is 4. The van der Waals surface area contributed by atoms with Gasteiger partial charge in [0, 0.05) is 10.9 Å². The molecule has 0 fully saturated rings. The van der Waals surface area contributed by atoms with Gasteiger partial charge in [-0.25, -0.2) is 4.98 Å². The molecule has 3 nitrogen and oxygen atoms in total. The van der Waals surface area contributed by atoms with E-state index < -0.39 is 29.1 Å². The van der Waals surface area contributed by atoms with Gasteiger partial charge in [-0.15, -0.1) is 11.3 Å². The Hall–Kier alpha value is -2.69. The predicted octanol–water partition coefficient (Wildman–Crippen LogP) is 5.73. The van der Waals surface area contributed by atoms with E-state index in [0.717, 1.165) is 10.8 Å². The van der Waals surface area contributed by atoms with Crippen molar-refractivity contribution in [2.45, 2.75) is 18.0 Å². The van der Waals surface area contributed by atoms with Crippen molar-refractivity contribution in [1.29, 1.82) is 0 Å². The average molecular weight is 422 g/mol. The van der Waals surface area contributed by atoms with Crippen molar-refractivity contribution in [1.82, 2.24) is 4.98 Å². The number of carbonyl (C=O) groups is 1. The molecule has 148 valence electrons. The maximum Gasteiger partial charge on any atom is 0.460 e. The van der Waals surface area contributed by atoms with Gasteiger partial charge in [-0.3, -0.25) is 10.1 Å². The molecular weight excluding hydrogens is 413 g/mol. The number of nitrogens with one attached hydrogen (secondary N) is 1. The van der Waals surface area contributed by atoms with E-state index in [1.165, 1.54) is 10.7 Å². The zero-order chi connectivity index (χ0) is 20.7. The molecule has 11 heteroatoms. The summed E-state index contributed by atoms with van der Waals surface area (Å²) in [4.78, 5) is 15.2. The van der Waals surface area contributed by atoms with E-state index in [1.807, 2.05) is 18.2 Å². The average Bonchev–Trinajstić information content (AvgIpc) is 3.08. The fourth-order valence-corrected chi connectivity index (χ4v) is 3.02. The highest BCUT2D eigenvalue weighted by Gasteiger charge is 2.76. The van der Waals surface area contributed by atoms with Crippen LogP contribution in [0.25, 0.3) is 22.0 Å². The van der Waals surface area contributed by atoms with Gasteiger partial charge < -0.3 is 0 Å². The van der Waals surface area contributed by atoms with E-state index in [1.54, 1.807) is 24.3 Å². The number of hydrogen-bond acceptors (Lipinski definition) is 3. The van der Waals surface area contributed by atoms with Crippen LogP contribution in [-0.4, -0.2) is 28.9 Å². The lowest BCUT2D eigenvalue weighted by Crippen LogP contribution is -2.57. The molecule has 0 unspecified atom stereocenters. The largest absolute Gasteiger partial charge is 0.460 e. The lowest BCUT2D eigenvalue weighted by molar-refractivity contribution is -0.343. The van der Waals surface area contributed by atoms with Crippen LogP contribution in [-0.2, 0) is 4.79 Å². The molecule has 0 aliphatic heterocycles. The first-order valence-corrected chi connectivity index (χ1v) is 8.40. The Morgan fingerprint density at radius 3 is 2.21 bits per heavy atom. The van der Waals surface area contributed by atoms with Gasteiger partial charge >= 0.3 is 23.9 Å². The van der Waals surface area contributed by atoms with Crippen molar-refractivity contribution < 1.29 is 35.5 Å². The van der Waals surface area contributed by atoms with Gasteiger partial charge in [-0.2, -0.15) is 30.7 Å². The summed E-state index contributed by atoms with van der Waals surface area (Å²) < 4.78 is 89.1. The highest BCUT2D eigenvalue weighted by atomic mass is 32.1. The first kappa shape index (κ1) is 20.1. The van der Waals surface area contributed by atoms with Crippen LogP contribution in [0, 0.1) is 0 Å². The maximum atomic E-state index is 13.4. The molecule has 28 heavy (non-hydrogen) atoms. The third kappa shape index (κ3) is 3.41. The molecule has 0 saturated carbocycles. The number of carbonyl (C=O) groups excluding carboxylic acids is 1. The van der Waals surface area contributed by atoms with Crippen LogP contribution in [0.4, 0.5) is 35.9 Å². The lowest BCUT2D eigenvalue weighted by Gasteiger charge is -2.26. The molecule has 1 heterocycles. The molecule has 0 atom stereocenters. The van der Waals surface area contributed by atoms with E-state index in [9.17, 15) is 35.5 Å². The fourth-order valence-electron chi connectivity index (χ4n) is 2.31. The van der Waals surface area contributed by atoms with Gasteiger partial charge in [0.1, 0.15) is 0 Å². The molecule has 3 aromatic rings. The molecular formula is C17H9F7N2OS. The first-order valence-electron chi connectivity index (χ1n) is 7.52. The number of alkyl halides is 7. The van der Waals surface area contributed by atoms with Crippen LogP contribution in [0.1, 0.15) is 0 Å². The van der Waals surface area contributed by atoms with Crippen LogP contribution in [0.15, 0.2) is 47.8 Å². The van der Waals surface area contributed by atoms with Crippen LogP contribution < -0.4 is 5.32 Å². The number of benzene rings is 2. The first-order chi connectivity index (χ1) is 12.9. The number of amides is 1. The highest BCUT2D eigenvalue weighted by molar-refractivity contribution is 7.14. The highest BCUT2D eigenvalue weighted by Crippen LogP contribution is 2.47. The van der Waals surface area contributed by atoms with Gasteiger partial charge in [-0.05, 0) is 16.8 Å².